The lowest BCUT2D eigenvalue weighted by Gasteiger charge is -2.25. The van der Waals surface area contributed by atoms with Crippen molar-refractivity contribution in [3.05, 3.63) is 36.2 Å². The predicted molar refractivity (Wildman–Crippen MR) is 101 cm³/mol. The van der Waals surface area contributed by atoms with Crippen molar-refractivity contribution in [2.45, 2.75) is 20.8 Å². The molecule has 1 aromatic carbocycles. The molecule has 0 spiro atoms. The van der Waals surface area contributed by atoms with E-state index < -0.39 is 0 Å². The highest BCUT2D eigenvalue weighted by Crippen LogP contribution is 2.21. The maximum absolute atomic E-state index is 3.53. The molecular weight excluding hydrogens is 300 g/mol. The fourth-order valence-corrected chi connectivity index (χ4v) is 2.69. The summed E-state index contributed by atoms with van der Waals surface area (Å²) in [6, 6.07) is 6.38. The van der Waals surface area contributed by atoms with Gasteiger partial charge in [0.25, 0.3) is 0 Å². The van der Waals surface area contributed by atoms with Gasteiger partial charge in [-0.2, -0.15) is 5.43 Å². The summed E-state index contributed by atoms with van der Waals surface area (Å²) < 4.78 is 4.06. The van der Waals surface area contributed by atoms with Crippen LogP contribution in [-0.4, -0.2) is 24.7 Å². The average molecular weight is 331 g/mol. The summed E-state index contributed by atoms with van der Waals surface area (Å²) in [5.41, 5.74) is 10.2. The van der Waals surface area contributed by atoms with Crippen LogP contribution in [0.15, 0.2) is 30.6 Å². The van der Waals surface area contributed by atoms with Gasteiger partial charge < -0.3 is 10.6 Å². The molecule has 6 nitrogen and oxygen atoms in total. The van der Waals surface area contributed by atoms with Crippen LogP contribution in [0.25, 0.3) is 0 Å². The number of aryl methyl sites for hydroxylation is 3. The molecule has 0 unspecified atom stereocenters. The molecule has 0 aliphatic rings. The Kier molecular flexibility index (Phi) is 5.72. The zero-order valence-corrected chi connectivity index (χ0v) is 15.7. The summed E-state index contributed by atoms with van der Waals surface area (Å²) in [4.78, 5) is 0. The Morgan fingerprint density at radius 3 is 2.50 bits per heavy atom. The monoisotopic (exact) mass is 331 g/mol. The number of hydrazine groups is 1. The van der Waals surface area contributed by atoms with Crippen molar-refractivity contribution >= 4 is 17.3 Å². The van der Waals surface area contributed by atoms with Crippen molar-refractivity contribution in [2.75, 3.05) is 36.3 Å². The number of nitrogens with zero attached hydrogens (tertiary/aromatic N) is 2. The Hall–Kier alpha value is -2.21. The van der Waals surface area contributed by atoms with Crippen molar-refractivity contribution in [2.24, 2.45) is 19.5 Å². The molecule has 0 saturated heterocycles. The topological polar surface area (TPSA) is 56.9 Å². The summed E-state index contributed by atoms with van der Waals surface area (Å²) in [6.45, 7) is 8.53. The second-order valence-electron chi connectivity index (χ2n) is 7.17. The molecule has 0 bridgehead atoms. The normalized spacial score (nSPS) is 11.4. The Balaban J connectivity index is 1.97. The number of nitrogens with one attached hydrogen (secondary N) is 4. The molecule has 24 heavy (non-hydrogen) atoms. The maximum atomic E-state index is 3.53. The smallest absolute Gasteiger partial charge is 0.378 e. The van der Waals surface area contributed by atoms with Crippen molar-refractivity contribution in [3.63, 3.8) is 0 Å². The molecule has 0 saturated carbocycles. The second kappa shape index (κ2) is 7.57. The molecule has 0 radical (unpaired) electrons. The largest absolute Gasteiger partial charge is 0.384 e. The highest BCUT2D eigenvalue weighted by molar-refractivity contribution is 5.60. The van der Waals surface area contributed by atoms with Crippen molar-refractivity contribution in [1.82, 2.24) is 9.88 Å². The zero-order chi connectivity index (χ0) is 17.7. The van der Waals surface area contributed by atoms with Crippen LogP contribution in [0, 0.1) is 12.3 Å². The van der Waals surface area contributed by atoms with E-state index in [-0.39, 0.29) is 5.41 Å². The van der Waals surface area contributed by atoms with Crippen LogP contribution >= 0.6 is 0 Å². The number of benzene rings is 1. The van der Waals surface area contributed by atoms with Crippen LogP contribution in [0.5, 0.6) is 0 Å². The zero-order valence-electron chi connectivity index (χ0n) is 15.7. The minimum Gasteiger partial charge on any atom is -0.384 e. The summed E-state index contributed by atoms with van der Waals surface area (Å²) in [5, 5.41) is 6.77. The lowest BCUT2D eigenvalue weighted by atomic mass is 9.93. The summed E-state index contributed by atoms with van der Waals surface area (Å²) in [7, 11) is 6.01. The van der Waals surface area contributed by atoms with Crippen LogP contribution in [-0.2, 0) is 14.1 Å². The summed E-state index contributed by atoms with van der Waals surface area (Å²) >= 11 is 0. The molecule has 132 valence electrons. The molecule has 0 atom stereocenters. The molecule has 4 N–H and O–H groups in total. The third kappa shape index (κ3) is 4.64. The van der Waals surface area contributed by atoms with Gasteiger partial charge in [-0.1, -0.05) is 13.8 Å². The van der Waals surface area contributed by atoms with Crippen LogP contribution in [0.4, 0.5) is 17.3 Å². The van der Waals surface area contributed by atoms with Gasteiger partial charge in [0.15, 0.2) is 0 Å². The van der Waals surface area contributed by atoms with E-state index in [1.807, 2.05) is 42.7 Å². The van der Waals surface area contributed by atoms with E-state index in [9.17, 15) is 0 Å². The highest BCUT2D eigenvalue weighted by Gasteiger charge is 2.16. The van der Waals surface area contributed by atoms with Gasteiger partial charge in [-0.25, -0.2) is 9.13 Å². The second-order valence-corrected chi connectivity index (χ2v) is 7.17. The van der Waals surface area contributed by atoms with Gasteiger partial charge in [-0.3, -0.25) is 5.43 Å². The molecule has 1 aromatic heterocycles. The van der Waals surface area contributed by atoms with Crippen LogP contribution in [0.3, 0.4) is 0 Å². The molecule has 0 aliphatic heterocycles. The first kappa shape index (κ1) is 18.1. The molecule has 2 aromatic rings. The van der Waals surface area contributed by atoms with Gasteiger partial charge >= 0.3 is 5.95 Å². The number of hydrogen-bond donors (Lipinski definition) is 4. The first-order chi connectivity index (χ1) is 11.3. The van der Waals surface area contributed by atoms with Gasteiger partial charge in [-0.15, -0.1) is 0 Å². The Morgan fingerprint density at radius 1 is 1.17 bits per heavy atom. The van der Waals surface area contributed by atoms with E-state index in [0.29, 0.717) is 0 Å². The molecular formula is C18H31N6+. The molecule has 0 aliphatic carbocycles. The quantitative estimate of drug-likeness (QED) is 0.443. The third-order valence-corrected chi connectivity index (χ3v) is 4.14. The first-order valence-electron chi connectivity index (χ1n) is 8.34. The van der Waals surface area contributed by atoms with Gasteiger partial charge in [0.1, 0.15) is 0 Å². The molecule has 6 heteroatoms. The average Bonchev–Trinajstić information content (AvgIpc) is 2.83. The SMILES string of the molecule is CNCC(C)(C)CNc1ccc(NNc2n(C)cc[n+]2C)c(C)c1. The van der Waals surface area contributed by atoms with E-state index in [0.717, 1.165) is 30.4 Å². The Labute approximate surface area is 145 Å². The van der Waals surface area contributed by atoms with Gasteiger partial charge in [0.2, 0.25) is 0 Å². The van der Waals surface area contributed by atoms with E-state index in [4.69, 9.17) is 0 Å². The van der Waals surface area contributed by atoms with E-state index in [2.05, 4.69) is 60.5 Å². The fraction of sp³-hybridized carbons (Fsp3) is 0.500. The van der Waals surface area contributed by atoms with Crippen LogP contribution in [0.2, 0.25) is 0 Å². The number of hydrogen-bond acceptors (Lipinski definition) is 4. The van der Waals surface area contributed by atoms with Gasteiger partial charge in [0.05, 0.1) is 32.2 Å². The highest BCUT2D eigenvalue weighted by atomic mass is 15.4. The van der Waals surface area contributed by atoms with Gasteiger partial charge in [-0.05, 0) is 43.1 Å². The predicted octanol–water partition coefficient (Wildman–Crippen LogP) is 2.25. The van der Waals surface area contributed by atoms with Crippen molar-refractivity contribution in [1.29, 1.82) is 0 Å². The lowest BCUT2D eigenvalue weighted by molar-refractivity contribution is -0.656. The Bertz CT molecular complexity index is 655. The molecule has 1 heterocycles. The molecule has 2 rings (SSSR count). The van der Waals surface area contributed by atoms with Crippen molar-refractivity contribution in [3.8, 4) is 0 Å². The first-order valence-corrected chi connectivity index (χ1v) is 8.34. The van der Waals surface area contributed by atoms with Crippen LogP contribution in [0.1, 0.15) is 19.4 Å². The van der Waals surface area contributed by atoms with Crippen LogP contribution < -0.4 is 26.1 Å². The lowest BCUT2D eigenvalue weighted by Crippen LogP contribution is -2.33. The number of rotatable bonds is 8. The van der Waals surface area contributed by atoms with E-state index in [1.165, 1.54) is 5.56 Å². The maximum Gasteiger partial charge on any atom is 0.378 e. The molecule has 0 amide bonds. The van der Waals surface area contributed by atoms with E-state index in [1.54, 1.807) is 0 Å². The third-order valence-electron chi connectivity index (χ3n) is 4.14. The number of imidazole rings is 1. The van der Waals surface area contributed by atoms with Crippen molar-refractivity contribution < 1.29 is 4.57 Å². The molecule has 0 fully saturated rings. The minimum absolute atomic E-state index is 0.211. The van der Waals surface area contributed by atoms with Gasteiger partial charge in [0, 0.05) is 18.8 Å². The summed E-state index contributed by atoms with van der Waals surface area (Å²) in [6.07, 6.45) is 4.02. The number of anilines is 3. The number of aromatic nitrogens is 2. The van der Waals surface area contributed by atoms with E-state index >= 15 is 0 Å². The Morgan fingerprint density at radius 2 is 1.92 bits per heavy atom. The standard InChI is InChI=1S/C18H30N6/c1-14-11-15(20-13-18(2,3)12-19-4)7-8-16(14)21-22-17-23(5)9-10-24(17)6/h7-11,19-21H,12-13H2,1-6H3/p+1. The summed E-state index contributed by atoms with van der Waals surface area (Å²) in [5.74, 6) is 0.991. The fourth-order valence-electron chi connectivity index (χ4n) is 2.69. The minimum atomic E-state index is 0.211.